The third kappa shape index (κ3) is 3.74. The Morgan fingerprint density at radius 3 is 2.70 bits per heavy atom. The van der Waals surface area contributed by atoms with Gasteiger partial charge in [-0.05, 0) is 23.8 Å². The lowest BCUT2D eigenvalue weighted by atomic mass is 10.2. The molecule has 0 unspecified atom stereocenters. The molecular formula is C13H11F3O4. The summed E-state index contributed by atoms with van der Waals surface area (Å²) in [5.74, 6) is -1.36. The van der Waals surface area contributed by atoms with Crippen LogP contribution in [0.1, 0.15) is 22.5 Å². The lowest BCUT2D eigenvalue weighted by Crippen LogP contribution is -2.11. The van der Waals surface area contributed by atoms with Crippen LogP contribution in [0.25, 0.3) is 11.0 Å². The predicted molar refractivity (Wildman–Crippen MR) is 63.5 cm³/mol. The number of carboxylic acids is 1. The van der Waals surface area contributed by atoms with Crippen molar-refractivity contribution in [2.24, 2.45) is 0 Å². The largest absolute Gasteiger partial charge is 0.475 e. The Labute approximate surface area is 111 Å². The average molecular weight is 288 g/mol. The summed E-state index contributed by atoms with van der Waals surface area (Å²) in [7, 11) is 0. The van der Waals surface area contributed by atoms with Crippen molar-refractivity contribution >= 4 is 16.9 Å². The van der Waals surface area contributed by atoms with E-state index >= 15 is 0 Å². The van der Waals surface area contributed by atoms with Gasteiger partial charge in [0.25, 0.3) is 0 Å². The number of benzene rings is 1. The highest BCUT2D eigenvalue weighted by atomic mass is 19.4. The zero-order valence-corrected chi connectivity index (χ0v) is 10.2. The van der Waals surface area contributed by atoms with Crippen molar-refractivity contribution in [2.75, 3.05) is 6.61 Å². The van der Waals surface area contributed by atoms with Crippen molar-refractivity contribution in [3.8, 4) is 0 Å². The van der Waals surface area contributed by atoms with Gasteiger partial charge < -0.3 is 14.3 Å². The molecule has 0 atom stereocenters. The SMILES string of the molecule is O=C(O)c1cc2cc(COCCC(F)(F)F)ccc2o1. The van der Waals surface area contributed by atoms with Crippen LogP contribution < -0.4 is 0 Å². The molecule has 0 aliphatic rings. The summed E-state index contributed by atoms with van der Waals surface area (Å²) >= 11 is 0. The standard InChI is InChI=1S/C13H11F3O4/c14-13(15,16)3-4-19-7-8-1-2-10-9(5-8)6-11(20-10)12(17)18/h1-2,5-6H,3-4,7H2,(H,17,18). The summed E-state index contributed by atoms with van der Waals surface area (Å²) in [5.41, 5.74) is 1.05. The topological polar surface area (TPSA) is 59.7 Å². The minimum Gasteiger partial charge on any atom is -0.475 e. The molecule has 0 amide bonds. The smallest absolute Gasteiger partial charge is 0.391 e. The normalized spacial score (nSPS) is 11.9. The number of aromatic carboxylic acids is 1. The Morgan fingerprint density at radius 1 is 1.30 bits per heavy atom. The number of fused-ring (bicyclic) bond motifs is 1. The fourth-order valence-electron chi connectivity index (χ4n) is 1.67. The molecule has 0 radical (unpaired) electrons. The van der Waals surface area contributed by atoms with Crippen molar-refractivity contribution in [2.45, 2.75) is 19.2 Å². The molecule has 108 valence electrons. The van der Waals surface area contributed by atoms with Gasteiger partial charge in [0, 0.05) is 5.39 Å². The first-order valence-electron chi connectivity index (χ1n) is 5.75. The minimum atomic E-state index is -4.23. The molecule has 1 aromatic carbocycles. The molecule has 0 fully saturated rings. The molecule has 1 N–H and O–H groups in total. The van der Waals surface area contributed by atoms with Gasteiger partial charge in [-0.1, -0.05) is 6.07 Å². The van der Waals surface area contributed by atoms with Gasteiger partial charge in [-0.3, -0.25) is 0 Å². The molecule has 0 aliphatic heterocycles. The molecule has 0 spiro atoms. The lowest BCUT2D eigenvalue weighted by molar-refractivity contribution is -0.146. The van der Waals surface area contributed by atoms with Gasteiger partial charge in [0.15, 0.2) is 0 Å². The van der Waals surface area contributed by atoms with Gasteiger partial charge in [-0.15, -0.1) is 0 Å². The van der Waals surface area contributed by atoms with Crippen LogP contribution in [0, 0.1) is 0 Å². The fraction of sp³-hybridized carbons (Fsp3) is 0.308. The number of ether oxygens (including phenoxy) is 1. The van der Waals surface area contributed by atoms with Crippen molar-refractivity contribution in [3.05, 3.63) is 35.6 Å². The number of rotatable bonds is 5. The second-order valence-electron chi connectivity index (χ2n) is 4.21. The molecule has 0 bridgehead atoms. The van der Waals surface area contributed by atoms with Crippen LogP contribution in [0.2, 0.25) is 0 Å². The molecule has 7 heteroatoms. The second kappa shape index (κ2) is 5.54. The van der Waals surface area contributed by atoms with E-state index in [-0.39, 0.29) is 12.4 Å². The zero-order chi connectivity index (χ0) is 14.8. The maximum atomic E-state index is 11.9. The number of carboxylic acid groups (broad SMARTS) is 1. The first kappa shape index (κ1) is 14.4. The van der Waals surface area contributed by atoms with Crippen molar-refractivity contribution in [1.29, 1.82) is 0 Å². The number of hydrogen-bond acceptors (Lipinski definition) is 3. The molecule has 20 heavy (non-hydrogen) atoms. The number of furan rings is 1. The average Bonchev–Trinajstić information content (AvgIpc) is 2.76. The van der Waals surface area contributed by atoms with Crippen LogP contribution in [0.5, 0.6) is 0 Å². The molecule has 2 aromatic rings. The van der Waals surface area contributed by atoms with Gasteiger partial charge in [0.2, 0.25) is 5.76 Å². The molecule has 4 nitrogen and oxygen atoms in total. The van der Waals surface area contributed by atoms with Gasteiger partial charge in [-0.2, -0.15) is 13.2 Å². The highest BCUT2D eigenvalue weighted by Gasteiger charge is 2.26. The second-order valence-corrected chi connectivity index (χ2v) is 4.21. The van der Waals surface area contributed by atoms with E-state index in [4.69, 9.17) is 14.3 Å². The third-order valence-corrected chi connectivity index (χ3v) is 2.59. The Kier molecular flexibility index (Phi) is 3.99. The van der Waals surface area contributed by atoms with Crippen LogP contribution in [0.4, 0.5) is 13.2 Å². The van der Waals surface area contributed by atoms with Crippen LogP contribution in [0.3, 0.4) is 0 Å². The van der Waals surface area contributed by atoms with E-state index in [1.54, 1.807) is 18.2 Å². The van der Waals surface area contributed by atoms with Gasteiger partial charge >= 0.3 is 12.1 Å². The lowest BCUT2D eigenvalue weighted by Gasteiger charge is -2.07. The molecule has 0 saturated carbocycles. The quantitative estimate of drug-likeness (QED) is 0.854. The van der Waals surface area contributed by atoms with E-state index in [1.807, 2.05) is 0 Å². The van der Waals surface area contributed by atoms with E-state index in [2.05, 4.69) is 0 Å². The monoisotopic (exact) mass is 288 g/mol. The Bertz CT molecular complexity index is 616. The molecule has 2 rings (SSSR count). The van der Waals surface area contributed by atoms with E-state index in [9.17, 15) is 18.0 Å². The maximum absolute atomic E-state index is 11.9. The number of alkyl halides is 3. The third-order valence-electron chi connectivity index (χ3n) is 2.59. The molecule has 0 saturated heterocycles. The molecule has 0 aliphatic carbocycles. The zero-order valence-electron chi connectivity index (χ0n) is 10.2. The van der Waals surface area contributed by atoms with Crippen molar-refractivity contribution in [3.63, 3.8) is 0 Å². The number of halogens is 3. The Hall–Kier alpha value is -2.02. The predicted octanol–water partition coefficient (Wildman–Crippen LogP) is 3.60. The van der Waals surface area contributed by atoms with Crippen LogP contribution in [-0.2, 0) is 11.3 Å². The fourth-order valence-corrected chi connectivity index (χ4v) is 1.67. The summed E-state index contributed by atoms with van der Waals surface area (Å²) in [6, 6.07) is 6.16. The summed E-state index contributed by atoms with van der Waals surface area (Å²) in [6.07, 6.45) is -5.23. The number of carbonyl (C=O) groups is 1. The van der Waals surface area contributed by atoms with Gasteiger partial charge in [-0.25, -0.2) is 4.79 Å². The Balaban J connectivity index is 1.99. The summed E-state index contributed by atoms with van der Waals surface area (Å²) in [5, 5.41) is 9.35. The van der Waals surface area contributed by atoms with Gasteiger partial charge in [0.1, 0.15) is 5.58 Å². The summed E-state index contributed by atoms with van der Waals surface area (Å²) in [4.78, 5) is 10.7. The molecule has 1 heterocycles. The van der Waals surface area contributed by atoms with E-state index in [1.165, 1.54) is 6.07 Å². The first-order chi connectivity index (χ1) is 9.35. The highest BCUT2D eigenvalue weighted by Crippen LogP contribution is 2.22. The van der Waals surface area contributed by atoms with E-state index in [0.717, 1.165) is 0 Å². The van der Waals surface area contributed by atoms with Crippen molar-refractivity contribution in [1.82, 2.24) is 0 Å². The molecular weight excluding hydrogens is 277 g/mol. The molecule has 1 aromatic heterocycles. The Morgan fingerprint density at radius 2 is 2.05 bits per heavy atom. The van der Waals surface area contributed by atoms with Gasteiger partial charge in [0.05, 0.1) is 19.6 Å². The van der Waals surface area contributed by atoms with Crippen LogP contribution in [-0.4, -0.2) is 23.9 Å². The summed E-state index contributed by atoms with van der Waals surface area (Å²) < 4.78 is 45.8. The van der Waals surface area contributed by atoms with E-state index in [0.29, 0.717) is 16.5 Å². The first-order valence-corrected chi connectivity index (χ1v) is 5.75. The van der Waals surface area contributed by atoms with E-state index < -0.39 is 25.2 Å². The maximum Gasteiger partial charge on any atom is 0.391 e. The van der Waals surface area contributed by atoms with Crippen molar-refractivity contribution < 1.29 is 32.2 Å². The minimum absolute atomic E-state index is 0.0274. The van der Waals surface area contributed by atoms with Crippen LogP contribution in [0.15, 0.2) is 28.7 Å². The summed E-state index contributed by atoms with van der Waals surface area (Å²) in [6.45, 7) is -0.382. The van der Waals surface area contributed by atoms with Crippen LogP contribution >= 0.6 is 0 Å². The number of hydrogen-bond donors (Lipinski definition) is 1. The highest BCUT2D eigenvalue weighted by molar-refractivity contribution is 5.91.